The summed E-state index contributed by atoms with van der Waals surface area (Å²) >= 11 is 0. The van der Waals surface area contributed by atoms with Crippen LogP contribution in [0, 0.1) is 6.92 Å². The van der Waals surface area contributed by atoms with E-state index in [2.05, 4.69) is 17.6 Å². The van der Waals surface area contributed by atoms with Crippen molar-refractivity contribution in [3.8, 4) is 0 Å². The highest BCUT2D eigenvalue weighted by molar-refractivity contribution is 6.07. The minimum absolute atomic E-state index is 0.0280. The van der Waals surface area contributed by atoms with E-state index in [9.17, 15) is 9.59 Å². The molecule has 3 rings (SSSR count). The smallest absolute Gasteiger partial charge is 0.255 e. The molecule has 0 aromatic heterocycles. The maximum absolute atomic E-state index is 12.5. The summed E-state index contributed by atoms with van der Waals surface area (Å²) in [6.07, 6.45) is 1.20. The lowest BCUT2D eigenvalue weighted by atomic mass is 10.0. The fourth-order valence-electron chi connectivity index (χ4n) is 2.76. The SMILES string of the molecule is CCc1cccc(C)c1NC(=O)c1ccc2c(c1)CC(=O)N2. The Hall–Kier alpha value is -2.62. The lowest BCUT2D eigenvalue weighted by molar-refractivity contribution is -0.115. The fourth-order valence-corrected chi connectivity index (χ4v) is 2.76. The molecule has 2 N–H and O–H groups in total. The van der Waals surface area contributed by atoms with Gasteiger partial charge in [0.05, 0.1) is 6.42 Å². The van der Waals surface area contributed by atoms with Crippen molar-refractivity contribution >= 4 is 23.2 Å². The minimum atomic E-state index is -0.147. The second-order valence-corrected chi connectivity index (χ2v) is 5.51. The molecule has 0 aliphatic carbocycles. The van der Waals surface area contributed by atoms with Gasteiger partial charge in [-0.15, -0.1) is 0 Å². The molecule has 4 heteroatoms. The predicted octanol–water partition coefficient (Wildman–Crippen LogP) is 3.30. The maximum atomic E-state index is 12.5. The highest BCUT2D eigenvalue weighted by Gasteiger charge is 2.19. The quantitative estimate of drug-likeness (QED) is 0.912. The van der Waals surface area contributed by atoms with Crippen LogP contribution in [0.3, 0.4) is 0 Å². The van der Waals surface area contributed by atoms with Crippen molar-refractivity contribution in [3.63, 3.8) is 0 Å². The maximum Gasteiger partial charge on any atom is 0.255 e. The third kappa shape index (κ3) is 2.60. The highest BCUT2D eigenvalue weighted by Crippen LogP contribution is 2.25. The number of para-hydroxylation sites is 1. The highest BCUT2D eigenvalue weighted by atomic mass is 16.2. The molecule has 0 saturated carbocycles. The first-order valence-corrected chi connectivity index (χ1v) is 7.41. The average Bonchev–Trinajstić information content (AvgIpc) is 2.88. The van der Waals surface area contributed by atoms with Crippen LogP contribution in [0.2, 0.25) is 0 Å². The van der Waals surface area contributed by atoms with Crippen molar-refractivity contribution in [2.45, 2.75) is 26.7 Å². The van der Waals surface area contributed by atoms with Crippen molar-refractivity contribution in [1.82, 2.24) is 0 Å². The summed E-state index contributed by atoms with van der Waals surface area (Å²) in [5.41, 5.74) is 5.28. The summed E-state index contributed by atoms with van der Waals surface area (Å²) in [7, 11) is 0. The van der Waals surface area contributed by atoms with Crippen LogP contribution in [0.4, 0.5) is 11.4 Å². The molecule has 0 fully saturated rings. The molecule has 1 heterocycles. The van der Waals surface area contributed by atoms with Gasteiger partial charge in [-0.1, -0.05) is 25.1 Å². The standard InChI is InChI=1S/C18H18N2O2/c1-3-12-6-4-5-11(2)17(12)20-18(22)13-7-8-15-14(9-13)10-16(21)19-15/h4-9H,3,10H2,1-2H3,(H,19,21)(H,20,22). The minimum Gasteiger partial charge on any atom is -0.326 e. The van der Waals surface area contributed by atoms with Gasteiger partial charge in [-0.05, 0) is 48.2 Å². The summed E-state index contributed by atoms with van der Waals surface area (Å²) in [6, 6.07) is 11.3. The van der Waals surface area contributed by atoms with E-state index in [4.69, 9.17) is 0 Å². The summed E-state index contributed by atoms with van der Waals surface area (Å²) < 4.78 is 0. The molecule has 2 aromatic carbocycles. The van der Waals surface area contributed by atoms with E-state index < -0.39 is 0 Å². The van der Waals surface area contributed by atoms with E-state index in [1.165, 1.54) is 0 Å². The van der Waals surface area contributed by atoms with Crippen molar-refractivity contribution in [2.75, 3.05) is 10.6 Å². The topological polar surface area (TPSA) is 58.2 Å². The Balaban J connectivity index is 1.87. The van der Waals surface area contributed by atoms with E-state index in [0.29, 0.717) is 12.0 Å². The Labute approximate surface area is 129 Å². The molecular weight excluding hydrogens is 276 g/mol. The molecule has 0 atom stereocenters. The molecular formula is C18H18N2O2. The van der Waals surface area contributed by atoms with Gasteiger partial charge in [0, 0.05) is 16.9 Å². The lowest BCUT2D eigenvalue weighted by Crippen LogP contribution is -2.14. The molecule has 0 bridgehead atoms. The second kappa shape index (κ2) is 5.64. The fraction of sp³-hybridized carbons (Fsp3) is 0.222. The van der Waals surface area contributed by atoms with Gasteiger partial charge >= 0.3 is 0 Å². The second-order valence-electron chi connectivity index (χ2n) is 5.51. The molecule has 0 radical (unpaired) electrons. The predicted molar refractivity (Wildman–Crippen MR) is 87.3 cm³/mol. The van der Waals surface area contributed by atoms with Gasteiger partial charge in [-0.25, -0.2) is 0 Å². The normalized spacial score (nSPS) is 12.7. The van der Waals surface area contributed by atoms with Gasteiger partial charge in [-0.2, -0.15) is 0 Å². The molecule has 0 spiro atoms. The number of amides is 2. The number of benzene rings is 2. The summed E-state index contributed by atoms with van der Waals surface area (Å²) in [5.74, 6) is -0.175. The van der Waals surface area contributed by atoms with Crippen LogP contribution in [-0.4, -0.2) is 11.8 Å². The third-order valence-corrected chi connectivity index (χ3v) is 3.97. The van der Waals surface area contributed by atoms with E-state index >= 15 is 0 Å². The van der Waals surface area contributed by atoms with Crippen LogP contribution < -0.4 is 10.6 Å². The van der Waals surface area contributed by atoms with Gasteiger partial charge < -0.3 is 10.6 Å². The number of carbonyl (C=O) groups is 2. The number of anilines is 2. The zero-order valence-corrected chi connectivity index (χ0v) is 12.7. The van der Waals surface area contributed by atoms with E-state index in [1.54, 1.807) is 18.2 Å². The van der Waals surface area contributed by atoms with Gasteiger partial charge in [-0.3, -0.25) is 9.59 Å². The molecule has 22 heavy (non-hydrogen) atoms. The van der Waals surface area contributed by atoms with Crippen LogP contribution in [-0.2, 0) is 17.6 Å². The summed E-state index contributed by atoms with van der Waals surface area (Å²) in [5, 5.41) is 5.77. The summed E-state index contributed by atoms with van der Waals surface area (Å²) in [6.45, 7) is 4.05. The Bertz CT molecular complexity index is 766. The largest absolute Gasteiger partial charge is 0.326 e. The van der Waals surface area contributed by atoms with Crippen LogP contribution >= 0.6 is 0 Å². The zero-order valence-electron chi connectivity index (χ0n) is 12.7. The van der Waals surface area contributed by atoms with Crippen molar-refractivity contribution in [1.29, 1.82) is 0 Å². The zero-order chi connectivity index (χ0) is 15.7. The lowest BCUT2D eigenvalue weighted by Gasteiger charge is -2.13. The molecule has 0 unspecified atom stereocenters. The molecule has 0 saturated heterocycles. The first kappa shape index (κ1) is 14.3. The van der Waals surface area contributed by atoms with Gasteiger partial charge in [0.1, 0.15) is 0 Å². The number of hydrogen-bond donors (Lipinski definition) is 2. The van der Waals surface area contributed by atoms with Crippen LogP contribution in [0.15, 0.2) is 36.4 Å². The number of aryl methyl sites for hydroxylation is 2. The van der Waals surface area contributed by atoms with Crippen molar-refractivity contribution in [3.05, 3.63) is 58.7 Å². The molecule has 2 amide bonds. The third-order valence-electron chi connectivity index (χ3n) is 3.97. The first-order valence-electron chi connectivity index (χ1n) is 7.41. The van der Waals surface area contributed by atoms with Gasteiger partial charge in [0.2, 0.25) is 5.91 Å². The molecule has 2 aromatic rings. The van der Waals surface area contributed by atoms with E-state index in [-0.39, 0.29) is 11.8 Å². The number of rotatable bonds is 3. The molecule has 112 valence electrons. The van der Waals surface area contributed by atoms with Crippen LogP contribution in [0.25, 0.3) is 0 Å². The monoisotopic (exact) mass is 294 g/mol. The number of fused-ring (bicyclic) bond motifs is 1. The Morgan fingerprint density at radius 1 is 1.27 bits per heavy atom. The van der Waals surface area contributed by atoms with E-state index in [1.807, 2.05) is 25.1 Å². The molecule has 4 nitrogen and oxygen atoms in total. The van der Waals surface area contributed by atoms with Crippen LogP contribution in [0.5, 0.6) is 0 Å². The van der Waals surface area contributed by atoms with Gasteiger partial charge in [0.15, 0.2) is 0 Å². The van der Waals surface area contributed by atoms with Gasteiger partial charge in [0.25, 0.3) is 5.91 Å². The first-order chi connectivity index (χ1) is 10.6. The van der Waals surface area contributed by atoms with Crippen LogP contribution in [0.1, 0.15) is 34.0 Å². The number of carbonyl (C=O) groups excluding carboxylic acids is 2. The Morgan fingerprint density at radius 3 is 2.86 bits per heavy atom. The van der Waals surface area contributed by atoms with Crippen molar-refractivity contribution in [2.24, 2.45) is 0 Å². The molecule has 1 aliphatic rings. The van der Waals surface area contributed by atoms with E-state index in [0.717, 1.165) is 34.5 Å². The Kier molecular flexibility index (Phi) is 3.67. The average molecular weight is 294 g/mol. The number of nitrogens with one attached hydrogen (secondary N) is 2. The number of hydrogen-bond acceptors (Lipinski definition) is 2. The molecule has 1 aliphatic heterocycles. The summed E-state index contributed by atoms with van der Waals surface area (Å²) in [4.78, 5) is 23.9. The van der Waals surface area contributed by atoms with Crippen molar-refractivity contribution < 1.29 is 9.59 Å². The Morgan fingerprint density at radius 2 is 2.09 bits per heavy atom.